The Morgan fingerprint density at radius 2 is 1.57 bits per heavy atom. The molecule has 0 aliphatic rings. The fourth-order valence-electron chi connectivity index (χ4n) is 3.34. The zero-order valence-corrected chi connectivity index (χ0v) is 19.6. The van der Waals surface area contributed by atoms with Crippen molar-refractivity contribution < 1.29 is 14.2 Å². The number of benzene rings is 2. The van der Waals surface area contributed by atoms with Crippen LogP contribution in [0, 0.1) is 11.8 Å². The first kappa shape index (κ1) is 24.2. The van der Waals surface area contributed by atoms with Gasteiger partial charge in [0.2, 0.25) is 0 Å². The van der Waals surface area contributed by atoms with Gasteiger partial charge in [-0.15, -0.1) is 0 Å². The summed E-state index contributed by atoms with van der Waals surface area (Å²) in [6.45, 7) is 11.8. The van der Waals surface area contributed by atoms with Crippen molar-refractivity contribution in [2.75, 3.05) is 18.5 Å². The van der Waals surface area contributed by atoms with Crippen molar-refractivity contribution in [2.45, 2.75) is 53.2 Å². The molecule has 2 unspecified atom stereocenters. The third-order valence-corrected chi connectivity index (χ3v) is 5.05. The second kappa shape index (κ2) is 12.6. The summed E-state index contributed by atoms with van der Waals surface area (Å²) in [5, 5.41) is 3.35. The summed E-state index contributed by atoms with van der Waals surface area (Å²) >= 11 is 5.18. The van der Waals surface area contributed by atoms with Gasteiger partial charge >= 0.3 is 0 Å². The van der Waals surface area contributed by atoms with E-state index >= 15 is 0 Å². The van der Waals surface area contributed by atoms with Crippen LogP contribution < -0.4 is 10.1 Å². The zero-order chi connectivity index (χ0) is 21.9. The van der Waals surface area contributed by atoms with Crippen LogP contribution in [-0.2, 0) is 9.47 Å². The molecule has 30 heavy (non-hydrogen) atoms. The summed E-state index contributed by atoms with van der Waals surface area (Å²) in [4.78, 5) is 0. The van der Waals surface area contributed by atoms with Gasteiger partial charge in [0.05, 0.1) is 6.61 Å². The summed E-state index contributed by atoms with van der Waals surface area (Å²) in [6.07, 6.45) is 0.824. The normalized spacial score (nSPS) is 13.2. The molecule has 2 aromatic carbocycles. The number of anilines is 1. The van der Waals surface area contributed by atoms with Crippen molar-refractivity contribution in [3.8, 4) is 5.75 Å². The maximum absolute atomic E-state index is 5.87. The minimum Gasteiger partial charge on any atom is -0.468 e. The summed E-state index contributed by atoms with van der Waals surface area (Å²) in [5.74, 6) is 2.67. The molecule has 0 radical (unpaired) electrons. The van der Waals surface area contributed by atoms with Crippen LogP contribution in [0.15, 0.2) is 54.6 Å². The lowest BCUT2D eigenvalue weighted by molar-refractivity contribution is -0.0746. The topological polar surface area (TPSA) is 39.7 Å². The van der Waals surface area contributed by atoms with Crippen LogP contribution in [-0.4, -0.2) is 24.7 Å². The molecule has 0 aromatic heterocycles. The predicted octanol–water partition coefficient (Wildman–Crippen LogP) is 6.63. The molecule has 0 aliphatic heterocycles. The van der Waals surface area contributed by atoms with E-state index in [0.717, 1.165) is 11.4 Å². The number of hydrogen-bond acceptors (Lipinski definition) is 4. The Morgan fingerprint density at radius 1 is 0.900 bits per heavy atom. The number of ether oxygens (including phenoxy) is 3. The van der Waals surface area contributed by atoms with E-state index in [1.807, 2.05) is 49.4 Å². The van der Waals surface area contributed by atoms with Crippen LogP contribution in [0.3, 0.4) is 0 Å². The van der Waals surface area contributed by atoms with E-state index in [1.165, 1.54) is 12.0 Å². The third-order valence-electron chi connectivity index (χ3n) is 4.83. The average Bonchev–Trinajstić information content (AvgIpc) is 2.70. The minimum absolute atomic E-state index is 0.329. The van der Waals surface area contributed by atoms with Crippen LogP contribution in [0.25, 0.3) is 0 Å². The Kier molecular flexibility index (Phi) is 10.1. The largest absolute Gasteiger partial charge is 0.468 e. The second-order valence-electron chi connectivity index (χ2n) is 8.23. The van der Waals surface area contributed by atoms with Gasteiger partial charge in [-0.05, 0) is 73.1 Å². The predicted molar refractivity (Wildman–Crippen MR) is 128 cm³/mol. The lowest BCUT2D eigenvalue weighted by Crippen LogP contribution is -2.21. The molecule has 0 aliphatic carbocycles. The lowest BCUT2D eigenvalue weighted by Gasteiger charge is -2.24. The molecule has 164 valence electrons. The Hall–Kier alpha value is -2.11. The van der Waals surface area contributed by atoms with Crippen molar-refractivity contribution in [3.05, 3.63) is 60.2 Å². The van der Waals surface area contributed by atoms with E-state index in [1.54, 1.807) is 0 Å². The molecular formula is C25H35NO3S. The summed E-state index contributed by atoms with van der Waals surface area (Å²) < 4.78 is 17.0. The maximum atomic E-state index is 5.87. The number of nitrogens with one attached hydrogen (secondary N) is 1. The molecule has 2 rings (SSSR count). The van der Waals surface area contributed by atoms with Gasteiger partial charge in [0.15, 0.2) is 6.29 Å². The molecule has 2 atom stereocenters. The number of rotatable bonds is 11. The summed E-state index contributed by atoms with van der Waals surface area (Å²) in [7, 11) is 0. The molecule has 0 saturated carbocycles. The van der Waals surface area contributed by atoms with Crippen LogP contribution in [0.4, 0.5) is 5.69 Å². The van der Waals surface area contributed by atoms with E-state index in [2.05, 4.69) is 45.1 Å². The molecule has 0 bridgehead atoms. The van der Waals surface area contributed by atoms with Gasteiger partial charge in [-0.25, -0.2) is 0 Å². The Bertz CT molecular complexity index is 747. The fraction of sp³-hybridized carbons (Fsp3) is 0.480. The van der Waals surface area contributed by atoms with E-state index in [9.17, 15) is 0 Å². The van der Waals surface area contributed by atoms with Gasteiger partial charge in [0.25, 0.3) is 5.17 Å². The van der Waals surface area contributed by atoms with Gasteiger partial charge in [-0.2, -0.15) is 0 Å². The van der Waals surface area contributed by atoms with Crippen LogP contribution >= 0.6 is 12.2 Å². The Labute approximate surface area is 186 Å². The lowest BCUT2D eigenvalue weighted by atomic mass is 9.82. The molecule has 0 fully saturated rings. The zero-order valence-electron chi connectivity index (χ0n) is 18.8. The summed E-state index contributed by atoms with van der Waals surface area (Å²) in [5.41, 5.74) is 2.27. The van der Waals surface area contributed by atoms with E-state index < -0.39 is 0 Å². The van der Waals surface area contributed by atoms with Crippen LogP contribution in [0.5, 0.6) is 5.75 Å². The van der Waals surface area contributed by atoms with Gasteiger partial charge in [0.1, 0.15) is 12.4 Å². The average molecular weight is 430 g/mol. The van der Waals surface area contributed by atoms with E-state index in [4.69, 9.17) is 26.4 Å². The van der Waals surface area contributed by atoms with Crippen LogP contribution in [0.1, 0.15) is 52.5 Å². The Balaban J connectivity index is 1.71. The second-order valence-corrected chi connectivity index (χ2v) is 8.60. The van der Waals surface area contributed by atoms with Crippen molar-refractivity contribution in [1.82, 2.24) is 0 Å². The van der Waals surface area contributed by atoms with Gasteiger partial charge in [0, 0.05) is 5.69 Å². The molecule has 5 heteroatoms. The third kappa shape index (κ3) is 8.72. The molecule has 0 amide bonds. The van der Waals surface area contributed by atoms with Crippen molar-refractivity contribution >= 4 is 23.1 Å². The maximum Gasteiger partial charge on any atom is 0.261 e. The molecule has 4 nitrogen and oxygen atoms in total. The first-order valence-electron chi connectivity index (χ1n) is 10.7. The first-order valence-corrected chi connectivity index (χ1v) is 11.1. The molecule has 1 N–H and O–H groups in total. The van der Waals surface area contributed by atoms with Crippen molar-refractivity contribution in [3.63, 3.8) is 0 Å². The molecule has 0 heterocycles. The SMILES string of the molecule is CC(C)CC(c1ccc(OC(C)OCCOC(=S)Nc2ccccc2)cc1)C(C)C. The highest BCUT2D eigenvalue weighted by Gasteiger charge is 2.17. The van der Waals surface area contributed by atoms with Gasteiger partial charge in [-0.3, -0.25) is 0 Å². The summed E-state index contributed by atoms with van der Waals surface area (Å²) in [6, 6.07) is 18.1. The standard InChI is InChI=1S/C25H35NO3S/c1-18(2)17-24(19(3)4)21-11-13-23(14-12-21)29-20(5)27-15-16-28-25(30)26-22-9-7-6-8-10-22/h6-14,18-20,24H,15-17H2,1-5H3,(H,26,30). The number of para-hydroxylation sites is 1. The molecule has 2 aromatic rings. The first-order chi connectivity index (χ1) is 14.3. The van der Waals surface area contributed by atoms with E-state index in [-0.39, 0.29) is 6.29 Å². The molecule has 0 spiro atoms. The Morgan fingerprint density at radius 3 is 2.17 bits per heavy atom. The van der Waals surface area contributed by atoms with E-state index in [0.29, 0.717) is 36.1 Å². The van der Waals surface area contributed by atoms with Gasteiger partial charge in [-0.1, -0.05) is 58.0 Å². The molecule has 0 saturated heterocycles. The molecular weight excluding hydrogens is 394 g/mol. The highest BCUT2D eigenvalue weighted by atomic mass is 32.1. The highest BCUT2D eigenvalue weighted by molar-refractivity contribution is 7.80. The van der Waals surface area contributed by atoms with Crippen molar-refractivity contribution in [2.24, 2.45) is 11.8 Å². The highest BCUT2D eigenvalue weighted by Crippen LogP contribution is 2.32. The fourth-order valence-corrected chi connectivity index (χ4v) is 3.55. The number of thiocarbonyl (C=S) groups is 1. The quantitative estimate of drug-likeness (QED) is 0.247. The monoisotopic (exact) mass is 429 g/mol. The van der Waals surface area contributed by atoms with Gasteiger partial charge < -0.3 is 19.5 Å². The van der Waals surface area contributed by atoms with Crippen LogP contribution in [0.2, 0.25) is 0 Å². The smallest absolute Gasteiger partial charge is 0.261 e. The number of hydrogen-bond donors (Lipinski definition) is 1. The minimum atomic E-state index is -0.369. The van der Waals surface area contributed by atoms with Crippen molar-refractivity contribution in [1.29, 1.82) is 0 Å².